The van der Waals surface area contributed by atoms with Gasteiger partial charge in [0.05, 0.1) is 0 Å². The van der Waals surface area contributed by atoms with Crippen LogP contribution in [0.5, 0.6) is 0 Å². The Bertz CT molecular complexity index is 251. The maximum absolute atomic E-state index is 4.18. The summed E-state index contributed by atoms with van der Waals surface area (Å²) >= 11 is 0. The van der Waals surface area contributed by atoms with E-state index < -0.39 is 0 Å². The van der Waals surface area contributed by atoms with E-state index >= 15 is 0 Å². The maximum atomic E-state index is 4.18. The summed E-state index contributed by atoms with van der Waals surface area (Å²) in [6, 6.07) is 0. The predicted molar refractivity (Wildman–Crippen MR) is 84.4 cm³/mol. The van der Waals surface area contributed by atoms with Crippen LogP contribution in [0.2, 0.25) is 0 Å². The van der Waals surface area contributed by atoms with Crippen LogP contribution in [-0.4, -0.2) is 11.1 Å². The van der Waals surface area contributed by atoms with Crippen molar-refractivity contribution in [2.45, 2.75) is 103 Å². The van der Waals surface area contributed by atoms with Gasteiger partial charge < -0.3 is 5.32 Å². The summed E-state index contributed by atoms with van der Waals surface area (Å²) in [5, 5.41) is 4.18. The number of hydrogen-bond donors (Lipinski definition) is 1. The van der Waals surface area contributed by atoms with Gasteiger partial charge in [-0.25, -0.2) is 0 Å². The second-order valence-corrected chi connectivity index (χ2v) is 7.50. The molecule has 1 heteroatoms. The van der Waals surface area contributed by atoms with Crippen molar-refractivity contribution in [2.24, 2.45) is 11.8 Å². The normalized spacial score (nSPS) is 39.2. The third-order valence-electron chi connectivity index (χ3n) is 6.49. The molecule has 1 aliphatic carbocycles. The van der Waals surface area contributed by atoms with Gasteiger partial charge in [-0.05, 0) is 31.1 Å². The van der Waals surface area contributed by atoms with Crippen LogP contribution in [-0.2, 0) is 0 Å². The summed E-state index contributed by atoms with van der Waals surface area (Å²) in [5.74, 6) is 1.67. The Hall–Kier alpha value is -0.0400. The molecule has 3 fully saturated rings. The molecule has 0 aromatic carbocycles. The third-order valence-corrected chi connectivity index (χ3v) is 6.49. The zero-order valence-corrected chi connectivity index (χ0v) is 13.7. The van der Waals surface area contributed by atoms with Gasteiger partial charge in [0, 0.05) is 11.1 Å². The summed E-state index contributed by atoms with van der Waals surface area (Å²) in [6.07, 6.45) is 14.2. The van der Waals surface area contributed by atoms with Crippen molar-refractivity contribution in [3.63, 3.8) is 0 Å². The summed E-state index contributed by atoms with van der Waals surface area (Å²) in [7, 11) is 0. The minimum Gasteiger partial charge on any atom is -0.305 e. The van der Waals surface area contributed by atoms with Gasteiger partial charge in [0.2, 0.25) is 0 Å². The molecule has 0 spiro atoms. The third kappa shape index (κ3) is 2.86. The van der Waals surface area contributed by atoms with Gasteiger partial charge in [-0.2, -0.15) is 0 Å². The molecule has 0 aromatic heterocycles. The van der Waals surface area contributed by atoms with Gasteiger partial charge in [-0.15, -0.1) is 0 Å². The minimum atomic E-state index is 0.482. The lowest BCUT2D eigenvalue weighted by Gasteiger charge is -2.64. The molecule has 0 radical (unpaired) electrons. The van der Waals surface area contributed by atoms with E-state index in [1.165, 1.54) is 64.2 Å². The Balaban J connectivity index is 2.13. The van der Waals surface area contributed by atoms with Crippen molar-refractivity contribution >= 4 is 0 Å². The second kappa shape index (κ2) is 6.16. The van der Waals surface area contributed by atoms with Crippen LogP contribution >= 0.6 is 0 Å². The van der Waals surface area contributed by atoms with Gasteiger partial charge >= 0.3 is 0 Å². The van der Waals surface area contributed by atoms with E-state index in [-0.39, 0.29) is 0 Å². The highest BCUT2D eigenvalue weighted by Crippen LogP contribution is 2.50. The summed E-state index contributed by atoms with van der Waals surface area (Å²) in [5.41, 5.74) is 0.963. The Morgan fingerprint density at radius 2 is 1.16 bits per heavy atom. The first-order chi connectivity index (χ1) is 9.08. The van der Waals surface area contributed by atoms with Crippen LogP contribution in [0.4, 0.5) is 0 Å². The molecule has 2 saturated heterocycles. The molecule has 0 amide bonds. The van der Waals surface area contributed by atoms with Crippen molar-refractivity contribution in [3.05, 3.63) is 0 Å². The van der Waals surface area contributed by atoms with Gasteiger partial charge in [0.1, 0.15) is 0 Å². The molecular formula is C18H35N. The molecule has 4 atom stereocenters. The fraction of sp³-hybridized carbons (Fsp3) is 1.00. The molecular weight excluding hydrogens is 230 g/mol. The largest absolute Gasteiger partial charge is 0.305 e. The van der Waals surface area contributed by atoms with E-state index in [1.807, 2.05) is 0 Å². The van der Waals surface area contributed by atoms with Crippen LogP contribution in [0, 0.1) is 11.8 Å². The standard InChI is InChI=1S/C18H35N/c1-5-15(3)17-12-10-8-7-9-11-13-18(14-17,19-17)16(4)6-2/h15-16,19H,5-14H2,1-4H3. The Labute approximate surface area is 120 Å². The highest BCUT2D eigenvalue weighted by molar-refractivity contribution is 5.16. The molecule has 112 valence electrons. The van der Waals surface area contributed by atoms with Crippen molar-refractivity contribution in [2.75, 3.05) is 0 Å². The van der Waals surface area contributed by atoms with E-state index in [0.29, 0.717) is 11.1 Å². The second-order valence-electron chi connectivity index (χ2n) is 7.50. The molecule has 2 aliphatic heterocycles. The van der Waals surface area contributed by atoms with Gasteiger partial charge in [-0.1, -0.05) is 72.6 Å². The average Bonchev–Trinajstić information content (AvgIpc) is 2.41. The monoisotopic (exact) mass is 265 g/mol. The van der Waals surface area contributed by atoms with Crippen LogP contribution < -0.4 is 5.32 Å². The van der Waals surface area contributed by atoms with E-state index in [4.69, 9.17) is 0 Å². The molecule has 3 aliphatic rings. The first kappa shape index (κ1) is 15.4. The van der Waals surface area contributed by atoms with Gasteiger partial charge in [0.25, 0.3) is 0 Å². The lowest BCUT2D eigenvalue weighted by molar-refractivity contribution is -0.0498. The average molecular weight is 265 g/mol. The first-order valence-corrected chi connectivity index (χ1v) is 8.88. The van der Waals surface area contributed by atoms with Gasteiger partial charge in [0.15, 0.2) is 0 Å². The van der Waals surface area contributed by atoms with Crippen molar-refractivity contribution in [1.82, 2.24) is 5.32 Å². The fourth-order valence-corrected chi connectivity index (χ4v) is 4.62. The molecule has 0 aromatic rings. The highest BCUT2D eigenvalue weighted by Gasteiger charge is 2.56. The van der Waals surface area contributed by atoms with E-state index in [9.17, 15) is 0 Å². The lowest BCUT2D eigenvalue weighted by atomic mass is 9.57. The predicted octanol–water partition coefficient (Wildman–Crippen LogP) is 5.29. The molecule has 3 rings (SSSR count). The Kier molecular flexibility index (Phi) is 4.98. The smallest absolute Gasteiger partial charge is 0.0229 e. The van der Waals surface area contributed by atoms with Crippen LogP contribution in [0.1, 0.15) is 91.9 Å². The zero-order chi connectivity index (χ0) is 13.9. The Morgan fingerprint density at radius 1 is 0.789 bits per heavy atom. The van der Waals surface area contributed by atoms with Crippen LogP contribution in [0.25, 0.3) is 0 Å². The first-order valence-electron chi connectivity index (χ1n) is 8.88. The van der Waals surface area contributed by atoms with Crippen molar-refractivity contribution in [1.29, 1.82) is 0 Å². The minimum absolute atomic E-state index is 0.482. The van der Waals surface area contributed by atoms with E-state index in [2.05, 4.69) is 33.0 Å². The number of hydrogen-bond acceptors (Lipinski definition) is 1. The van der Waals surface area contributed by atoms with E-state index in [0.717, 1.165) is 11.8 Å². The van der Waals surface area contributed by atoms with Crippen LogP contribution in [0.3, 0.4) is 0 Å². The molecule has 19 heavy (non-hydrogen) atoms. The Morgan fingerprint density at radius 3 is 1.53 bits per heavy atom. The summed E-state index contributed by atoms with van der Waals surface area (Å²) < 4.78 is 0. The van der Waals surface area contributed by atoms with Gasteiger partial charge in [-0.3, -0.25) is 0 Å². The molecule has 1 N–H and O–H groups in total. The molecule has 2 bridgehead atoms. The maximum Gasteiger partial charge on any atom is 0.0229 e. The fourth-order valence-electron chi connectivity index (χ4n) is 4.62. The summed E-state index contributed by atoms with van der Waals surface area (Å²) in [6.45, 7) is 9.67. The van der Waals surface area contributed by atoms with Crippen molar-refractivity contribution in [3.8, 4) is 0 Å². The quantitative estimate of drug-likeness (QED) is 0.728. The number of rotatable bonds is 4. The topological polar surface area (TPSA) is 12.0 Å². The SMILES string of the molecule is CCC(C)C12CCCCCCCC(C(C)CC)(C1)N2. The number of nitrogens with one attached hydrogen (secondary N) is 1. The zero-order valence-electron chi connectivity index (χ0n) is 13.7. The molecule has 1 saturated carbocycles. The highest BCUT2D eigenvalue weighted by atomic mass is 15.2. The lowest BCUT2D eigenvalue weighted by Crippen LogP contribution is -2.76. The van der Waals surface area contributed by atoms with Crippen LogP contribution in [0.15, 0.2) is 0 Å². The number of fused-ring (bicyclic) bond motifs is 6. The molecule has 4 unspecified atom stereocenters. The summed E-state index contributed by atoms with van der Waals surface area (Å²) in [4.78, 5) is 0. The van der Waals surface area contributed by atoms with Crippen molar-refractivity contribution < 1.29 is 0 Å². The molecule has 2 heterocycles. The van der Waals surface area contributed by atoms with E-state index in [1.54, 1.807) is 0 Å². The molecule has 1 nitrogen and oxygen atoms in total.